The molecule has 4 rings (SSSR count). The maximum Gasteiger partial charge on any atom is 0.246 e. The quantitative estimate of drug-likeness (QED) is 0.273. The van der Waals surface area contributed by atoms with Gasteiger partial charge in [0.25, 0.3) is 0 Å². The van der Waals surface area contributed by atoms with Crippen LogP contribution >= 0.6 is 0 Å². The molecule has 1 fully saturated rings. The molecule has 2 N–H and O–H groups in total. The lowest BCUT2D eigenvalue weighted by Gasteiger charge is -2.39. The van der Waals surface area contributed by atoms with Gasteiger partial charge in [-0.1, -0.05) is 78.9 Å². The minimum atomic E-state index is -0.821. The minimum Gasteiger partial charge on any atom is -0.341 e. The van der Waals surface area contributed by atoms with Gasteiger partial charge >= 0.3 is 0 Å². The van der Waals surface area contributed by atoms with Crippen molar-refractivity contribution in [2.24, 2.45) is 11.7 Å². The zero-order valence-electron chi connectivity index (χ0n) is 29.1. The summed E-state index contributed by atoms with van der Waals surface area (Å²) in [5.41, 5.74) is 7.60. The van der Waals surface area contributed by atoms with E-state index in [9.17, 15) is 14.4 Å². The van der Waals surface area contributed by atoms with Crippen molar-refractivity contribution in [3.8, 4) is 0 Å². The van der Waals surface area contributed by atoms with Gasteiger partial charge < -0.3 is 25.3 Å². The van der Waals surface area contributed by atoms with Crippen molar-refractivity contribution in [3.05, 3.63) is 96.1 Å². The molecule has 3 amide bonds. The number of likely N-dealkylation sites (N-methyl/N-ethyl adjacent to an activating group) is 2. The van der Waals surface area contributed by atoms with Gasteiger partial charge in [0.15, 0.2) is 0 Å². The first-order chi connectivity index (χ1) is 22.3. The molecule has 252 valence electrons. The molecule has 0 saturated carbocycles. The highest BCUT2D eigenvalue weighted by atomic mass is 16.2. The Labute approximate surface area is 281 Å². The normalized spacial score (nSPS) is 16.8. The molecule has 1 saturated heterocycles. The van der Waals surface area contributed by atoms with Crippen molar-refractivity contribution in [3.63, 3.8) is 0 Å². The molecule has 8 nitrogen and oxygen atoms in total. The Hall–Kier alpha value is -4.01. The lowest BCUT2D eigenvalue weighted by Crippen LogP contribution is -2.57. The summed E-state index contributed by atoms with van der Waals surface area (Å²) in [4.78, 5) is 49.7. The summed E-state index contributed by atoms with van der Waals surface area (Å²) in [6.45, 7) is 6.07. The molecule has 1 unspecified atom stereocenters. The zero-order valence-corrected chi connectivity index (χ0v) is 29.1. The van der Waals surface area contributed by atoms with Crippen molar-refractivity contribution in [2.45, 2.75) is 63.6 Å². The van der Waals surface area contributed by atoms with Crippen molar-refractivity contribution in [1.29, 1.82) is 0 Å². The van der Waals surface area contributed by atoms with Crippen LogP contribution in [0.2, 0.25) is 0 Å². The molecule has 0 radical (unpaired) electrons. The van der Waals surface area contributed by atoms with Crippen molar-refractivity contribution >= 4 is 28.5 Å². The van der Waals surface area contributed by atoms with E-state index in [4.69, 9.17) is 5.73 Å². The summed E-state index contributed by atoms with van der Waals surface area (Å²) in [7, 11) is 7.51. The average molecular weight is 640 g/mol. The third-order valence-corrected chi connectivity index (χ3v) is 9.07. The van der Waals surface area contributed by atoms with Crippen LogP contribution in [0.3, 0.4) is 0 Å². The lowest BCUT2D eigenvalue weighted by atomic mass is 9.95. The van der Waals surface area contributed by atoms with E-state index in [-0.39, 0.29) is 17.7 Å². The highest BCUT2D eigenvalue weighted by molar-refractivity contribution is 5.95. The van der Waals surface area contributed by atoms with Gasteiger partial charge in [0.2, 0.25) is 17.7 Å². The van der Waals surface area contributed by atoms with Gasteiger partial charge in [-0.3, -0.25) is 14.4 Å². The Balaban J connectivity index is 1.66. The topological polar surface area (TPSA) is 90.2 Å². The standard InChI is InChI=1S/C39H53N5O3/c1-39(2,40)22-12-19-36(45)42(5)34(26-30-20-21-32-17-10-11-18-33(32)24-30)37(46)43(6)35(25-29-14-8-7-9-15-29)38(47)44-23-13-16-31(28-44)27-41(3)4/h7-12,14-15,17-21,24,31,34-35H,13,16,22-23,25-28,40H2,1-6H3/b19-12+/t31?,34-,35-/m1/s1. The molecule has 3 aromatic carbocycles. The van der Waals surface area contributed by atoms with Crippen molar-refractivity contribution in [1.82, 2.24) is 19.6 Å². The first-order valence-corrected chi connectivity index (χ1v) is 16.8. The molecule has 3 atom stereocenters. The third kappa shape index (κ3) is 10.2. The Morgan fingerprint density at radius 3 is 2.21 bits per heavy atom. The van der Waals surface area contributed by atoms with Gasteiger partial charge in [0, 0.05) is 52.1 Å². The number of hydrogen-bond acceptors (Lipinski definition) is 5. The predicted octanol–water partition coefficient (Wildman–Crippen LogP) is 4.76. The Kier molecular flexibility index (Phi) is 12.4. The average Bonchev–Trinajstić information content (AvgIpc) is 3.04. The van der Waals surface area contributed by atoms with Crippen LogP contribution in [0.4, 0.5) is 0 Å². The van der Waals surface area contributed by atoms with Gasteiger partial charge in [0.1, 0.15) is 12.1 Å². The van der Waals surface area contributed by atoms with Crippen LogP contribution in [0.5, 0.6) is 0 Å². The van der Waals surface area contributed by atoms with E-state index in [1.165, 1.54) is 11.0 Å². The monoisotopic (exact) mass is 639 g/mol. The Morgan fingerprint density at radius 1 is 0.872 bits per heavy atom. The van der Waals surface area contributed by atoms with Crippen LogP contribution in [0, 0.1) is 5.92 Å². The lowest BCUT2D eigenvalue weighted by molar-refractivity contribution is -0.150. The highest BCUT2D eigenvalue weighted by Crippen LogP contribution is 2.23. The molecule has 1 heterocycles. The van der Waals surface area contributed by atoms with E-state index in [1.807, 2.05) is 79.4 Å². The van der Waals surface area contributed by atoms with Crippen molar-refractivity contribution in [2.75, 3.05) is 47.8 Å². The van der Waals surface area contributed by atoms with E-state index in [1.54, 1.807) is 25.1 Å². The summed E-state index contributed by atoms with van der Waals surface area (Å²) in [5, 5.41) is 2.17. The smallest absolute Gasteiger partial charge is 0.246 e. The van der Waals surface area contributed by atoms with Gasteiger partial charge in [-0.15, -0.1) is 0 Å². The fourth-order valence-corrected chi connectivity index (χ4v) is 6.47. The molecule has 3 aromatic rings. The summed E-state index contributed by atoms with van der Waals surface area (Å²) >= 11 is 0. The zero-order chi connectivity index (χ0) is 34.1. The molecule has 47 heavy (non-hydrogen) atoms. The van der Waals surface area contributed by atoms with Crippen LogP contribution in [0.25, 0.3) is 10.8 Å². The first kappa shape index (κ1) is 35.8. The second-order valence-corrected chi connectivity index (χ2v) is 14.2. The van der Waals surface area contributed by atoms with Gasteiger partial charge in [-0.05, 0) is 81.1 Å². The van der Waals surface area contributed by atoms with E-state index in [0.717, 1.165) is 41.3 Å². The van der Waals surface area contributed by atoms with Crippen LogP contribution < -0.4 is 5.73 Å². The maximum absolute atomic E-state index is 14.6. The summed E-state index contributed by atoms with van der Waals surface area (Å²) in [6, 6.07) is 22.5. The Bertz CT molecular complexity index is 1530. The largest absolute Gasteiger partial charge is 0.341 e. The van der Waals surface area contributed by atoms with Gasteiger partial charge in [0.05, 0.1) is 0 Å². The fraction of sp³-hybridized carbons (Fsp3) is 0.462. The number of nitrogens with two attached hydrogens (primary N) is 1. The molecule has 0 aromatic heterocycles. The number of hydrogen-bond donors (Lipinski definition) is 1. The fourth-order valence-electron chi connectivity index (χ4n) is 6.47. The summed E-state index contributed by atoms with van der Waals surface area (Å²) in [6.07, 6.45) is 6.51. The number of piperidine rings is 1. The number of likely N-dealkylation sites (tertiary alicyclic amines) is 1. The van der Waals surface area contributed by atoms with Crippen LogP contribution in [-0.4, -0.2) is 103 Å². The maximum atomic E-state index is 14.6. The predicted molar refractivity (Wildman–Crippen MR) is 191 cm³/mol. The second kappa shape index (κ2) is 16.2. The summed E-state index contributed by atoms with van der Waals surface area (Å²) in [5.74, 6) is -0.208. The second-order valence-electron chi connectivity index (χ2n) is 14.2. The van der Waals surface area contributed by atoms with E-state index in [2.05, 4.69) is 31.1 Å². The SMILES string of the molecule is CN(C)CC1CCCN(C(=O)[C@@H](Cc2ccccc2)N(C)C(=O)[C@@H](Cc2ccc3ccccc3c2)N(C)C(=O)/C=C/CC(C)(C)N)C1. The van der Waals surface area contributed by atoms with E-state index >= 15 is 0 Å². The summed E-state index contributed by atoms with van der Waals surface area (Å²) < 4.78 is 0. The number of fused-ring (bicyclic) bond motifs is 1. The van der Waals surface area contributed by atoms with Gasteiger partial charge in [-0.25, -0.2) is 0 Å². The Morgan fingerprint density at radius 2 is 1.53 bits per heavy atom. The molecule has 1 aliphatic rings. The van der Waals surface area contributed by atoms with Crippen LogP contribution in [-0.2, 0) is 27.2 Å². The highest BCUT2D eigenvalue weighted by Gasteiger charge is 2.37. The van der Waals surface area contributed by atoms with E-state index in [0.29, 0.717) is 38.3 Å². The van der Waals surface area contributed by atoms with Crippen molar-refractivity contribution < 1.29 is 14.4 Å². The molecule has 1 aliphatic heterocycles. The number of rotatable bonds is 13. The van der Waals surface area contributed by atoms with Gasteiger partial charge in [-0.2, -0.15) is 0 Å². The molecular formula is C39H53N5O3. The number of benzene rings is 3. The molecular weight excluding hydrogens is 586 g/mol. The number of carbonyl (C=O) groups excluding carboxylic acids is 3. The van der Waals surface area contributed by atoms with Crippen LogP contribution in [0.15, 0.2) is 84.9 Å². The number of carbonyl (C=O) groups is 3. The molecule has 8 heteroatoms. The van der Waals surface area contributed by atoms with E-state index < -0.39 is 17.6 Å². The first-order valence-electron chi connectivity index (χ1n) is 16.8. The number of nitrogens with zero attached hydrogens (tertiary/aromatic N) is 4. The third-order valence-electron chi connectivity index (χ3n) is 9.07. The van der Waals surface area contributed by atoms with Crippen LogP contribution in [0.1, 0.15) is 44.2 Å². The minimum absolute atomic E-state index is 0.0448. The molecule has 0 bridgehead atoms. The number of amides is 3. The molecule has 0 aliphatic carbocycles. The molecule has 0 spiro atoms.